The molecule has 4 aromatic rings. The number of fused-ring (bicyclic) bond motifs is 2. The summed E-state index contributed by atoms with van der Waals surface area (Å²) in [7, 11) is 1.72. The molecule has 10 nitrogen and oxygen atoms in total. The molecule has 0 radical (unpaired) electrons. The maximum absolute atomic E-state index is 14.6. The highest BCUT2D eigenvalue weighted by Gasteiger charge is 2.26. The van der Waals surface area contributed by atoms with Crippen molar-refractivity contribution in [2.45, 2.75) is 38.5 Å². The number of aryl methyl sites for hydroxylation is 1. The summed E-state index contributed by atoms with van der Waals surface area (Å²) in [5, 5.41) is 11.9. The van der Waals surface area contributed by atoms with E-state index in [1.165, 1.54) is 10.7 Å². The second-order valence-electron chi connectivity index (χ2n) is 10.2. The average molecular weight is 520 g/mol. The molecular formula is C27H30FN7O3. The van der Waals surface area contributed by atoms with E-state index in [0.717, 1.165) is 30.6 Å². The largest absolute Gasteiger partial charge is 0.458 e. The smallest absolute Gasteiger partial charge is 0.317 e. The van der Waals surface area contributed by atoms with Gasteiger partial charge in [-0.25, -0.2) is 9.37 Å². The van der Waals surface area contributed by atoms with Crippen molar-refractivity contribution < 1.29 is 18.7 Å². The molecule has 2 aliphatic heterocycles. The predicted octanol–water partition coefficient (Wildman–Crippen LogP) is 3.26. The van der Waals surface area contributed by atoms with E-state index in [-0.39, 0.29) is 17.6 Å². The molecule has 2 aliphatic rings. The van der Waals surface area contributed by atoms with E-state index in [1.807, 2.05) is 6.07 Å². The van der Waals surface area contributed by atoms with Crippen LogP contribution in [-0.2, 0) is 11.8 Å². The second-order valence-corrected chi connectivity index (χ2v) is 10.2. The van der Waals surface area contributed by atoms with Gasteiger partial charge in [-0.3, -0.25) is 9.48 Å². The number of ether oxygens (including phenoxy) is 2. The molecule has 2 aromatic carbocycles. The third-order valence-corrected chi connectivity index (χ3v) is 6.94. The summed E-state index contributed by atoms with van der Waals surface area (Å²) < 4.78 is 27.6. The monoisotopic (exact) mass is 519 g/mol. The Morgan fingerprint density at radius 1 is 1.21 bits per heavy atom. The van der Waals surface area contributed by atoms with Crippen molar-refractivity contribution in [1.29, 1.82) is 0 Å². The lowest BCUT2D eigenvalue weighted by Gasteiger charge is -2.38. The van der Waals surface area contributed by atoms with Crippen LogP contribution in [0.2, 0.25) is 0 Å². The van der Waals surface area contributed by atoms with E-state index in [1.54, 1.807) is 31.6 Å². The summed E-state index contributed by atoms with van der Waals surface area (Å²) >= 11 is 0. The van der Waals surface area contributed by atoms with Crippen molar-refractivity contribution in [2.75, 3.05) is 36.5 Å². The van der Waals surface area contributed by atoms with Crippen LogP contribution < -0.4 is 20.3 Å². The topological polar surface area (TPSA) is 106 Å². The number of anilines is 2. The summed E-state index contributed by atoms with van der Waals surface area (Å²) in [5.41, 5.74) is 2.37. The molecule has 0 bridgehead atoms. The number of amides is 1. The van der Waals surface area contributed by atoms with Crippen LogP contribution in [0.4, 0.5) is 15.8 Å². The van der Waals surface area contributed by atoms with Crippen molar-refractivity contribution >= 4 is 39.1 Å². The normalized spacial score (nSPS) is 21.8. The van der Waals surface area contributed by atoms with Gasteiger partial charge in [0.15, 0.2) is 5.82 Å². The van der Waals surface area contributed by atoms with Gasteiger partial charge in [-0.15, -0.1) is 0 Å². The zero-order chi connectivity index (χ0) is 26.4. The van der Waals surface area contributed by atoms with Crippen LogP contribution in [0.3, 0.4) is 0 Å². The minimum absolute atomic E-state index is 0.128. The third kappa shape index (κ3) is 4.74. The van der Waals surface area contributed by atoms with Crippen molar-refractivity contribution in [2.24, 2.45) is 7.05 Å². The molecule has 6 rings (SSSR count). The van der Waals surface area contributed by atoms with Crippen LogP contribution >= 0.6 is 0 Å². The Morgan fingerprint density at radius 2 is 2.03 bits per heavy atom. The highest BCUT2D eigenvalue weighted by molar-refractivity contribution is 6.14. The van der Waals surface area contributed by atoms with E-state index < -0.39 is 11.7 Å². The first kappa shape index (κ1) is 24.5. The zero-order valence-corrected chi connectivity index (χ0v) is 21.6. The van der Waals surface area contributed by atoms with Gasteiger partial charge in [0.1, 0.15) is 11.6 Å². The maximum atomic E-state index is 14.6. The quantitative estimate of drug-likeness (QED) is 0.414. The average Bonchev–Trinajstić information content (AvgIpc) is 3.51. The SMILES string of the molecule is C[C@H]1CN(c2ccc(C(=O)Nc3cc(F)c4nn(C)cc4c3)c3nc(O[C@@H]4CCOC4)ncc23)C[C@H](C)N1. The molecular weight excluding hydrogens is 489 g/mol. The van der Waals surface area contributed by atoms with Crippen LogP contribution in [-0.4, -0.2) is 70.1 Å². The number of carbonyl (C=O) groups is 1. The molecule has 0 aliphatic carbocycles. The predicted molar refractivity (Wildman–Crippen MR) is 142 cm³/mol. The molecule has 1 amide bonds. The minimum Gasteiger partial charge on any atom is -0.458 e. The van der Waals surface area contributed by atoms with Crippen LogP contribution in [0.25, 0.3) is 21.8 Å². The Bertz CT molecular complexity index is 1510. The van der Waals surface area contributed by atoms with E-state index in [4.69, 9.17) is 9.47 Å². The van der Waals surface area contributed by atoms with Crippen molar-refractivity contribution in [3.63, 3.8) is 0 Å². The number of hydrogen-bond donors (Lipinski definition) is 2. The lowest BCUT2D eigenvalue weighted by Crippen LogP contribution is -2.54. The highest BCUT2D eigenvalue weighted by atomic mass is 19.1. The van der Waals surface area contributed by atoms with Gasteiger partial charge in [0.2, 0.25) is 0 Å². The van der Waals surface area contributed by atoms with Crippen molar-refractivity contribution in [3.05, 3.63) is 48.0 Å². The molecule has 0 unspecified atom stereocenters. The molecule has 38 heavy (non-hydrogen) atoms. The molecule has 198 valence electrons. The Kier molecular flexibility index (Phi) is 6.32. The number of benzene rings is 2. The van der Waals surface area contributed by atoms with Crippen LogP contribution in [0, 0.1) is 5.82 Å². The van der Waals surface area contributed by atoms with Crippen LogP contribution in [0.5, 0.6) is 6.01 Å². The van der Waals surface area contributed by atoms with E-state index >= 15 is 0 Å². The zero-order valence-electron chi connectivity index (χ0n) is 21.6. The van der Waals surface area contributed by atoms with Crippen molar-refractivity contribution in [3.8, 4) is 6.01 Å². The fourth-order valence-electron chi connectivity index (χ4n) is 5.37. The third-order valence-electron chi connectivity index (χ3n) is 6.94. The molecule has 2 fully saturated rings. The molecule has 4 heterocycles. The molecule has 3 atom stereocenters. The molecule has 2 aromatic heterocycles. The number of halogens is 1. The highest BCUT2D eigenvalue weighted by Crippen LogP contribution is 2.32. The van der Waals surface area contributed by atoms with Crippen molar-refractivity contribution in [1.82, 2.24) is 25.1 Å². The second kappa shape index (κ2) is 9.80. The molecule has 2 N–H and O–H groups in total. The van der Waals surface area contributed by atoms with Crippen LogP contribution in [0.15, 0.2) is 36.7 Å². The Hall–Kier alpha value is -3.83. The molecule has 2 saturated heterocycles. The number of nitrogens with zero attached hydrogens (tertiary/aromatic N) is 5. The first-order valence-electron chi connectivity index (χ1n) is 12.8. The standard InChI is InChI=1S/C27H30FN7O3/c1-15-11-35(12-16(2)30-15)23-5-4-20(25-21(23)10-29-27(32-25)38-19-6-7-37-14-19)26(36)31-18-8-17-13-34(3)33-24(17)22(28)9-18/h4-5,8-10,13,15-16,19,30H,6-7,11-12,14H2,1-3H3,(H,31,36)/t15-,16-,19+/m0/s1. The summed E-state index contributed by atoms with van der Waals surface area (Å²) in [4.78, 5) is 25.0. The minimum atomic E-state index is -0.502. The fourth-order valence-corrected chi connectivity index (χ4v) is 5.37. The van der Waals surface area contributed by atoms with Gasteiger partial charge >= 0.3 is 6.01 Å². The summed E-state index contributed by atoms with van der Waals surface area (Å²) in [6.45, 7) is 7.04. The maximum Gasteiger partial charge on any atom is 0.317 e. The number of piperazine rings is 1. The number of rotatable bonds is 5. The number of nitrogens with one attached hydrogen (secondary N) is 2. The van der Waals surface area contributed by atoms with E-state index in [2.05, 4.69) is 44.4 Å². The number of carbonyl (C=O) groups excluding carboxylic acids is 1. The fraction of sp³-hybridized carbons (Fsp3) is 0.407. The van der Waals surface area contributed by atoms with E-state index in [0.29, 0.717) is 47.5 Å². The first-order chi connectivity index (χ1) is 18.3. The van der Waals surface area contributed by atoms with E-state index in [9.17, 15) is 9.18 Å². The molecule has 0 saturated carbocycles. The van der Waals surface area contributed by atoms with Gasteiger partial charge in [0.05, 0.1) is 24.3 Å². The molecule has 11 heteroatoms. The van der Waals surface area contributed by atoms with Gasteiger partial charge in [-0.05, 0) is 38.1 Å². The van der Waals surface area contributed by atoms with Gasteiger partial charge in [-0.2, -0.15) is 10.1 Å². The van der Waals surface area contributed by atoms with Gasteiger partial charge < -0.3 is 25.0 Å². The van der Waals surface area contributed by atoms with Gasteiger partial charge in [0, 0.05) is 73.2 Å². The van der Waals surface area contributed by atoms with Crippen LogP contribution in [0.1, 0.15) is 30.6 Å². The number of aromatic nitrogens is 4. The number of hydrogen-bond acceptors (Lipinski definition) is 8. The first-order valence-corrected chi connectivity index (χ1v) is 12.8. The summed E-state index contributed by atoms with van der Waals surface area (Å²) in [5.74, 6) is -0.905. The Balaban J connectivity index is 1.38. The summed E-state index contributed by atoms with van der Waals surface area (Å²) in [6.07, 6.45) is 4.06. The Labute approximate surface area is 219 Å². The molecule has 0 spiro atoms. The van der Waals surface area contributed by atoms with Gasteiger partial charge in [-0.1, -0.05) is 0 Å². The summed E-state index contributed by atoms with van der Waals surface area (Å²) in [6, 6.07) is 7.48. The van der Waals surface area contributed by atoms with Gasteiger partial charge in [0.25, 0.3) is 5.91 Å². The Morgan fingerprint density at radius 3 is 2.79 bits per heavy atom. The lowest BCUT2D eigenvalue weighted by molar-refractivity contribution is 0.102. The lowest BCUT2D eigenvalue weighted by atomic mass is 10.0.